The van der Waals surface area contributed by atoms with Crippen LogP contribution in [0.4, 0.5) is 0 Å². The van der Waals surface area contributed by atoms with E-state index in [1.165, 1.54) is 38.5 Å². The van der Waals surface area contributed by atoms with Gasteiger partial charge in [0.1, 0.15) is 5.92 Å². The molecular weight excluding hydrogens is 294 g/mol. The standard InChI is InChI=1S/C18H29NO4/c1-2-3-4-5-6-7-8-9-12-19-17(20)15-13-10-11-14(23-13)16(15)18(21)22/h10-11,13-16H,2-9,12H2,1H3,(H,19,20)(H,21,22)/t13-,14+,15+,16+/m1/s1. The number of rotatable bonds is 11. The zero-order valence-corrected chi connectivity index (χ0v) is 14.0. The molecule has 2 heterocycles. The zero-order chi connectivity index (χ0) is 16.7. The summed E-state index contributed by atoms with van der Waals surface area (Å²) in [5.41, 5.74) is 0. The van der Waals surface area contributed by atoms with Crippen LogP contribution < -0.4 is 5.32 Å². The summed E-state index contributed by atoms with van der Waals surface area (Å²) < 4.78 is 5.52. The molecule has 0 saturated carbocycles. The fourth-order valence-electron chi connectivity index (χ4n) is 3.50. The molecule has 1 saturated heterocycles. The molecule has 23 heavy (non-hydrogen) atoms. The van der Waals surface area contributed by atoms with Crippen molar-refractivity contribution in [2.24, 2.45) is 11.8 Å². The summed E-state index contributed by atoms with van der Waals surface area (Å²) in [5.74, 6) is -2.47. The van der Waals surface area contributed by atoms with Crippen LogP contribution in [0.5, 0.6) is 0 Å². The van der Waals surface area contributed by atoms with Crippen LogP contribution in [0.3, 0.4) is 0 Å². The van der Waals surface area contributed by atoms with Gasteiger partial charge in [-0.3, -0.25) is 9.59 Å². The van der Waals surface area contributed by atoms with Gasteiger partial charge in [0, 0.05) is 6.54 Å². The van der Waals surface area contributed by atoms with Gasteiger partial charge in [-0.05, 0) is 6.42 Å². The Morgan fingerprint density at radius 1 is 0.957 bits per heavy atom. The highest BCUT2D eigenvalue weighted by Gasteiger charge is 2.53. The zero-order valence-electron chi connectivity index (χ0n) is 14.0. The van der Waals surface area contributed by atoms with Crippen molar-refractivity contribution in [3.63, 3.8) is 0 Å². The van der Waals surface area contributed by atoms with Crippen LogP contribution in [-0.4, -0.2) is 35.7 Å². The van der Waals surface area contributed by atoms with E-state index in [4.69, 9.17) is 4.74 Å². The Morgan fingerprint density at radius 3 is 2.13 bits per heavy atom. The van der Waals surface area contributed by atoms with Gasteiger partial charge in [-0.15, -0.1) is 0 Å². The maximum absolute atomic E-state index is 12.3. The minimum absolute atomic E-state index is 0.183. The lowest BCUT2D eigenvalue weighted by Crippen LogP contribution is -2.42. The van der Waals surface area contributed by atoms with Gasteiger partial charge < -0.3 is 15.2 Å². The van der Waals surface area contributed by atoms with Gasteiger partial charge in [0.15, 0.2) is 0 Å². The van der Waals surface area contributed by atoms with Crippen LogP contribution in [0.1, 0.15) is 58.3 Å². The predicted molar refractivity (Wildman–Crippen MR) is 88.0 cm³/mol. The minimum Gasteiger partial charge on any atom is -0.481 e. The van der Waals surface area contributed by atoms with Gasteiger partial charge in [0.05, 0.1) is 18.1 Å². The average Bonchev–Trinajstić information content (AvgIpc) is 3.14. The lowest BCUT2D eigenvalue weighted by Gasteiger charge is -2.20. The first-order chi connectivity index (χ1) is 11.1. The predicted octanol–water partition coefficient (Wildman–Crippen LogP) is 2.90. The molecule has 0 spiro atoms. The number of carboxylic acids is 1. The Bertz CT molecular complexity index is 435. The molecule has 4 atom stereocenters. The molecular formula is C18H29NO4. The number of carbonyl (C=O) groups excluding carboxylic acids is 1. The van der Waals surface area contributed by atoms with Crippen molar-refractivity contribution >= 4 is 11.9 Å². The normalized spacial score (nSPS) is 28.2. The van der Waals surface area contributed by atoms with Gasteiger partial charge in [-0.25, -0.2) is 0 Å². The molecule has 5 heteroatoms. The van der Waals surface area contributed by atoms with Crippen molar-refractivity contribution in [3.8, 4) is 0 Å². The van der Waals surface area contributed by atoms with E-state index in [1.54, 1.807) is 6.08 Å². The maximum Gasteiger partial charge on any atom is 0.310 e. The molecule has 0 aromatic carbocycles. The van der Waals surface area contributed by atoms with Crippen molar-refractivity contribution in [1.82, 2.24) is 5.32 Å². The first-order valence-corrected chi connectivity index (χ1v) is 8.99. The number of unbranched alkanes of at least 4 members (excludes halogenated alkanes) is 7. The Kier molecular flexibility index (Phi) is 7.09. The number of carbonyl (C=O) groups is 2. The van der Waals surface area contributed by atoms with E-state index in [9.17, 15) is 14.7 Å². The Morgan fingerprint density at radius 2 is 1.52 bits per heavy atom. The summed E-state index contributed by atoms with van der Waals surface area (Å²) >= 11 is 0. The SMILES string of the molecule is CCCCCCCCCCNC(=O)[C@@H]1[C@@H](C(=O)O)[C@@H]2C=C[C@H]1O2. The first-order valence-electron chi connectivity index (χ1n) is 8.99. The largest absolute Gasteiger partial charge is 0.481 e. The second kappa shape index (κ2) is 9.06. The van der Waals surface area contributed by atoms with Crippen LogP contribution >= 0.6 is 0 Å². The third-order valence-corrected chi connectivity index (χ3v) is 4.82. The lowest BCUT2D eigenvalue weighted by molar-refractivity contribution is -0.146. The van der Waals surface area contributed by atoms with Crippen LogP contribution in [0.2, 0.25) is 0 Å². The van der Waals surface area contributed by atoms with Crippen molar-refractivity contribution in [2.45, 2.75) is 70.5 Å². The minimum atomic E-state index is -0.950. The summed E-state index contributed by atoms with van der Waals surface area (Å²) in [5, 5.41) is 12.2. The molecule has 0 aliphatic carbocycles. The summed E-state index contributed by atoms with van der Waals surface area (Å²) in [6.45, 7) is 2.84. The molecule has 130 valence electrons. The summed E-state index contributed by atoms with van der Waals surface area (Å²) in [6.07, 6.45) is 12.5. The van der Waals surface area contributed by atoms with Gasteiger partial charge in [0.2, 0.25) is 5.91 Å². The summed E-state index contributed by atoms with van der Waals surface area (Å²) in [6, 6.07) is 0. The molecule has 2 bridgehead atoms. The molecule has 2 N–H and O–H groups in total. The van der Waals surface area contributed by atoms with Crippen molar-refractivity contribution in [1.29, 1.82) is 0 Å². The van der Waals surface area contributed by atoms with E-state index >= 15 is 0 Å². The number of ether oxygens (including phenoxy) is 1. The Balaban J connectivity index is 1.60. The summed E-state index contributed by atoms with van der Waals surface area (Å²) in [7, 11) is 0. The second-order valence-electron chi connectivity index (χ2n) is 6.61. The number of amides is 1. The van der Waals surface area contributed by atoms with E-state index in [0.717, 1.165) is 12.8 Å². The van der Waals surface area contributed by atoms with Crippen molar-refractivity contribution in [3.05, 3.63) is 12.2 Å². The van der Waals surface area contributed by atoms with Crippen LogP contribution in [0, 0.1) is 11.8 Å². The molecule has 2 aliphatic heterocycles. The molecule has 1 amide bonds. The maximum atomic E-state index is 12.3. The van der Waals surface area contributed by atoms with E-state index in [-0.39, 0.29) is 12.0 Å². The monoisotopic (exact) mass is 323 g/mol. The first kappa shape index (κ1) is 18.0. The van der Waals surface area contributed by atoms with Crippen molar-refractivity contribution < 1.29 is 19.4 Å². The lowest BCUT2D eigenvalue weighted by atomic mass is 9.82. The number of nitrogens with one attached hydrogen (secondary N) is 1. The topological polar surface area (TPSA) is 75.6 Å². The smallest absolute Gasteiger partial charge is 0.310 e. The third kappa shape index (κ3) is 4.80. The highest BCUT2D eigenvalue weighted by molar-refractivity contribution is 5.87. The number of hydrogen-bond donors (Lipinski definition) is 2. The second-order valence-corrected chi connectivity index (χ2v) is 6.61. The van der Waals surface area contributed by atoms with Gasteiger partial charge in [-0.2, -0.15) is 0 Å². The van der Waals surface area contributed by atoms with E-state index in [2.05, 4.69) is 12.2 Å². The number of hydrogen-bond acceptors (Lipinski definition) is 3. The molecule has 0 radical (unpaired) electrons. The number of aliphatic carboxylic acids is 1. The van der Waals surface area contributed by atoms with Gasteiger partial charge in [0.25, 0.3) is 0 Å². The van der Waals surface area contributed by atoms with Crippen LogP contribution in [-0.2, 0) is 14.3 Å². The van der Waals surface area contributed by atoms with E-state index < -0.39 is 23.9 Å². The highest BCUT2D eigenvalue weighted by atomic mass is 16.5. The van der Waals surface area contributed by atoms with Crippen LogP contribution in [0.15, 0.2) is 12.2 Å². The molecule has 2 rings (SSSR count). The Hall–Kier alpha value is -1.36. The molecule has 2 aliphatic rings. The highest BCUT2D eigenvalue weighted by Crippen LogP contribution is 2.39. The molecule has 0 aromatic rings. The average molecular weight is 323 g/mol. The van der Waals surface area contributed by atoms with E-state index in [1.807, 2.05) is 6.08 Å². The van der Waals surface area contributed by atoms with E-state index in [0.29, 0.717) is 6.54 Å². The fraction of sp³-hybridized carbons (Fsp3) is 0.778. The molecule has 0 aromatic heterocycles. The van der Waals surface area contributed by atoms with Crippen LogP contribution in [0.25, 0.3) is 0 Å². The fourth-order valence-corrected chi connectivity index (χ4v) is 3.50. The molecule has 0 unspecified atom stereocenters. The quantitative estimate of drug-likeness (QED) is 0.453. The van der Waals surface area contributed by atoms with Gasteiger partial charge >= 0.3 is 5.97 Å². The molecule has 5 nitrogen and oxygen atoms in total. The Labute approximate surface area is 138 Å². The number of fused-ring (bicyclic) bond motifs is 2. The van der Waals surface area contributed by atoms with Gasteiger partial charge in [-0.1, -0.05) is 64.0 Å². The third-order valence-electron chi connectivity index (χ3n) is 4.82. The number of carboxylic acid groups (broad SMARTS) is 1. The summed E-state index contributed by atoms with van der Waals surface area (Å²) in [4.78, 5) is 23.6. The van der Waals surface area contributed by atoms with Crippen molar-refractivity contribution in [2.75, 3.05) is 6.54 Å². The molecule has 1 fully saturated rings.